The van der Waals surface area contributed by atoms with Gasteiger partial charge < -0.3 is 10.2 Å². The van der Waals surface area contributed by atoms with Crippen LogP contribution in [0.1, 0.15) is 17.5 Å². The number of hydrogen-bond donors (Lipinski definition) is 1. The summed E-state index contributed by atoms with van der Waals surface area (Å²) in [6.45, 7) is 6.13. The Balaban J connectivity index is 0.00000200. The number of benzene rings is 1. The molecule has 20 heavy (non-hydrogen) atoms. The van der Waals surface area contributed by atoms with Crippen molar-refractivity contribution in [3.8, 4) is 0 Å². The van der Waals surface area contributed by atoms with Gasteiger partial charge in [-0.2, -0.15) is 0 Å². The van der Waals surface area contributed by atoms with Crippen molar-refractivity contribution in [2.45, 2.75) is 31.2 Å². The highest BCUT2D eigenvalue weighted by Crippen LogP contribution is 2.24. The second-order valence-electron chi connectivity index (χ2n) is 5.21. The largest absolute Gasteiger partial charge is 0.341 e. The fraction of sp³-hybridized carbons (Fsp3) is 0.533. The van der Waals surface area contributed by atoms with E-state index < -0.39 is 0 Å². The number of thioether (sulfide) groups is 1. The van der Waals surface area contributed by atoms with Crippen LogP contribution in [-0.4, -0.2) is 42.7 Å². The number of hydrogen-bond acceptors (Lipinski definition) is 3. The van der Waals surface area contributed by atoms with E-state index in [1.54, 1.807) is 11.8 Å². The van der Waals surface area contributed by atoms with Gasteiger partial charge in [-0.3, -0.25) is 4.79 Å². The van der Waals surface area contributed by atoms with Crippen molar-refractivity contribution in [1.82, 2.24) is 10.2 Å². The first-order valence-electron chi connectivity index (χ1n) is 6.74. The van der Waals surface area contributed by atoms with Crippen LogP contribution in [-0.2, 0) is 4.79 Å². The molecule has 1 atom stereocenters. The van der Waals surface area contributed by atoms with Crippen LogP contribution in [0.3, 0.4) is 0 Å². The maximum Gasteiger partial charge on any atom is 0.232 e. The minimum Gasteiger partial charge on any atom is -0.341 e. The highest BCUT2D eigenvalue weighted by Gasteiger charge is 2.22. The Morgan fingerprint density at radius 2 is 2.20 bits per heavy atom. The summed E-state index contributed by atoms with van der Waals surface area (Å²) in [6, 6.07) is 6.75. The number of aryl methyl sites for hydroxylation is 2. The van der Waals surface area contributed by atoms with E-state index in [-0.39, 0.29) is 18.3 Å². The van der Waals surface area contributed by atoms with E-state index in [2.05, 4.69) is 37.4 Å². The van der Waals surface area contributed by atoms with Gasteiger partial charge in [0, 0.05) is 24.5 Å². The summed E-state index contributed by atoms with van der Waals surface area (Å²) in [6.07, 6.45) is 1.07. The SMILES string of the molecule is Cc1ccc(C)c(SCC(=O)N(C)C2CCNC2)c1.Cl. The number of amides is 1. The van der Waals surface area contributed by atoms with Crippen molar-refractivity contribution in [2.75, 3.05) is 25.9 Å². The van der Waals surface area contributed by atoms with Gasteiger partial charge in [0.1, 0.15) is 0 Å². The van der Waals surface area contributed by atoms with E-state index in [4.69, 9.17) is 0 Å². The van der Waals surface area contributed by atoms with Crippen LogP contribution < -0.4 is 5.32 Å². The quantitative estimate of drug-likeness (QED) is 0.867. The van der Waals surface area contributed by atoms with Gasteiger partial charge in [-0.25, -0.2) is 0 Å². The molecular weight excluding hydrogens is 292 g/mol. The Bertz CT molecular complexity index is 461. The zero-order valence-electron chi connectivity index (χ0n) is 12.3. The molecule has 1 N–H and O–H groups in total. The minimum absolute atomic E-state index is 0. The Labute approximate surface area is 131 Å². The fourth-order valence-electron chi connectivity index (χ4n) is 2.28. The van der Waals surface area contributed by atoms with Crippen molar-refractivity contribution >= 4 is 30.1 Å². The Morgan fingerprint density at radius 3 is 2.85 bits per heavy atom. The van der Waals surface area contributed by atoms with Crippen LogP contribution in [0.5, 0.6) is 0 Å². The molecular formula is C15H23ClN2OS. The number of nitrogens with zero attached hydrogens (tertiary/aromatic N) is 1. The van der Waals surface area contributed by atoms with E-state index >= 15 is 0 Å². The molecule has 0 bridgehead atoms. The first-order valence-corrected chi connectivity index (χ1v) is 7.73. The summed E-state index contributed by atoms with van der Waals surface area (Å²) in [7, 11) is 1.92. The Kier molecular flexibility index (Phi) is 6.86. The van der Waals surface area contributed by atoms with Crippen LogP contribution in [0.2, 0.25) is 0 Å². The summed E-state index contributed by atoms with van der Waals surface area (Å²) >= 11 is 1.64. The summed E-state index contributed by atoms with van der Waals surface area (Å²) < 4.78 is 0. The molecule has 0 radical (unpaired) electrons. The lowest BCUT2D eigenvalue weighted by Gasteiger charge is -2.23. The number of rotatable bonds is 4. The third-order valence-corrected chi connectivity index (χ3v) is 4.81. The Morgan fingerprint density at radius 1 is 1.45 bits per heavy atom. The minimum atomic E-state index is 0. The van der Waals surface area contributed by atoms with Crippen molar-refractivity contribution in [3.05, 3.63) is 29.3 Å². The van der Waals surface area contributed by atoms with Crippen LogP contribution in [0, 0.1) is 13.8 Å². The Hall–Kier alpha value is -0.710. The molecule has 1 unspecified atom stereocenters. The third kappa shape index (κ3) is 4.40. The number of carbonyl (C=O) groups excluding carboxylic acids is 1. The standard InChI is InChI=1S/C15H22N2OS.ClH/c1-11-4-5-12(2)14(8-11)19-10-15(18)17(3)13-6-7-16-9-13;/h4-5,8,13,16H,6-7,9-10H2,1-3H3;1H. The van der Waals surface area contributed by atoms with E-state index in [1.165, 1.54) is 16.0 Å². The molecule has 1 aliphatic rings. The maximum absolute atomic E-state index is 12.2. The van der Waals surface area contributed by atoms with Crippen LogP contribution in [0.15, 0.2) is 23.1 Å². The van der Waals surface area contributed by atoms with Gasteiger partial charge in [-0.15, -0.1) is 24.2 Å². The first kappa shape index (κ1) is 17.3. The fourth-order valence-corrected chi connectivity index (χ4v) is 3.33. The highest BCUT2D eigenvalue weighted by atomic mass is 35.5. The van der Waals surface area contributed by atoms with Gasteiger partial charge in [0.25, 0.3) is 0 Å². The molecule has 0 aromatic heterocycles. The molecule has 1 amide bonds. The molecule has 1 fully saturated rings. The second kappa shape index (κ2) is 7.91. The molecule has 2 rings (SSSR count). The zero-order chi connectivity index (χ0) is 13.8. The van der Waals surface area contributed by atoms with E-state index in [0.717, 1.165) is 19.5 Å². The topological polar surface area (TPSA) is 32.3 Å². The van der Waals surface area contributed by atoms with Crippen molar-refractivity contribution < 1.29 is 4.79 Å². The van der Waals surface area contributed by atoms with Gasteiger partial charge in [0.2, 0.25) is 5.91 Å². The van der Waals surface area contributed by atoms with E-state index in [0.29, 0.717) is 11.8 Å². The van der Waals surface area contributed by atoms with Crippen molar-refractivity contribution in [1.29, 1.82) is 0 Å². The molecule has 5 heteroatoms. The smallest absolute Gasteiger partial charge is 0.232 e. The molecule has 0 aliphatic carbocycles. The monoisotopic (exact) mass is 314 g/mol. The molecule has 1 aromatic rings. The normalized spacial score (nSPS) is 17.6. The lowest BCUT2D eigenvalue weighted by molar-refractivity contribution is -0.128. The van der Waals surface area contributed by atoms with Crippen LogP contribution >= 0.6 is 24.2 Å². The zero-order valence-corrected chi connectivity index (χ0v) is 13.9. The molecule has 1 aromatic carbocycles. The van der Waals surface area contributed by atoms with Crippen LogP contribution in [0.4, 0.5) is 0 Å². The lowest BCUT2D eigenvalue weighted by Crippen LogP contribution is -2.39. The molecule has 0 saturated carbocycles. The van der Waals surface area contributed by atoms with Gasteiger partial charge in [-0.05, 0) is 38.4 Å². The molecule has 1 saturated heterocycles. The predicted octanol–water partition coefficient (Wildman–Crippen LogP) is 2.64. The average Bonchev–Trinajstić information content (AvgIpc) is 2.92. The van der Waals surface area contributed by atoms with E-state index in [9.17, 15) is 4.79 Å². The van der Waals surface area contributed by atoms with Gasteiger partial charge in [0.05, 0.1) is 5.75 Å². The predicted molar refractivity (Wildman–Crippen MR) is 87.9 cm³/mol. The number of likely N-dealkylation sites (N-methyl/N-ethyl adjacent to an activating group) is 1. The molecule has 0 spiro atoms. The third-order valence-electron chi connectivity index (χ3n) is 3.67. The number of halogens is 1. The van der Waals surface area contributed by atoms with Crippen LogP contribution in [0.25, 0.3) is 0 Å². The second-order valence-corrected chi connectivity index (χ2v) is 6.23. The molecule has 112 valence electrons. The highest BCUT2D eigenvalue weighted by molar-refractivity contribution is 8.00. The average molecular weight is 315 g/mol. The molecule has 1 aliphatic heterocycles. The van der Waals surface area contributed by atoms with Gasteiger partial charge in [0.15, 0.2) is 0 Å². The maximum atomic E-state index is 12.2. The first-order chi connectivity index (χ1) is 9.08. The summed E-state index contributed by atoms with van der Waals surface area (Å²) in [5.74, 6) is 0.747. The van der Waals surface area contributed by atoms with E-state index in [1.807, 2.05) is 11.9 Å². The molecule has 3 nitrogen and oxygen atoms in total. The van der Waals surface area contributed by atoms with Crippen molar-refractivity contribution in [2.24, 2.45) is 0 Å². The lowest BCUT2D eigenvalue weighted by atomic mass is 10.2. The van der Waals surface area contributed by atoms with Crippen molar-refractivity contribution in [3.63, 3.8) is 0 Å². The van der Waals surface area contributed by atoms with Gasteiger partial charge in [-0.1, -0.05) is 17.7 Å². The number of carbonyl (C=O) groups is 1. The number of nitrogens with one attached hydrogen (secondary N) is 1. The summed E-state index contributed by atoms with van der Waals surface area (Å²) in [5.41, 5.74) is 2.49. The van der Waals surface area contributed by atoms with Gasteiger partial charge >= 0.3 is 0 Å². The summed E-state index contributed by atoms with van der Waals surface area (Å²) in [4.78, 5) is 15.3. The summed E-state index contributed by atoms with van der Waals surface area (Å²) in [5, 5.41) is 3.30. The molecule has 1 heterocycles.